The van der Waals surface area contributed by atoms with Crippen LogP contribution in [0, 0.1) is 0 Å². The third-order valence-electron chi connectivity index (χ3n) is 3.28. The molecule has 0 unspecified atom stereocenters. The average Bonchev–Trinajstić information content (AvgIpc) is 2.81. The van der Waals surface area contributed by atoms with E-state index in [1.165, 1.54) is 29.3 Å². The summed E-state index contributed by atoms with van der Waals surface area (Å²) < 4.78 is 63.7. The predicted molar refractivity (Wildman–Crippen MR) is 83.6 cm³/mol. The summed E-state index contributed by atoms with van der Waals surface area (Å²) in [7, 11) is -10.7. The number of hydrogen-bond donors (Lipinski definition) is 0. The summed E-state index contributed by atoms with van der Waals surface area (Å²) in [6.45, 7) is 3.33. The molecule has 0 aliphatic rings. The number of halogens is 6. The molecule has 0 bridgehead atoms. The van der Waals surface area contributed by atoms with Crippen LogP contribution >= 0.6 is 7.81 Å². The van der Waals surface area contributed by atoms with Gasteiger partial charge in [-0.1, -0.05) is 37.6 Å². The van der Waals surface area contributed by atoms with E-state index < -0.39 is 7.81 Å². The first kappa shape index (κ1) is 18.5. The van der Waals surface area contributed by atoms with Crippen molar-refractivity contribution in [1.82, 2.24) is 4.40 Å². The Hall–Kier alpha value is -1.82. The summed E-state index contributed by atoms with van der Waals surface area (Å²) in [5.41, 5.74) is 1.28. The number of hydrogen-bond acceptors (Lipinski definition) is 0. The SMILES string of the molecule is CCCC[n+]1ccn2cc3ccccc3cc21.F[P-](F)(F)(F)(F)F. The van der Waals surface area contributed by atoms with Gasteiger partial charge in [0.25, 0.3) is 5.65 Å². The first-order valence-corrected chi connectivity index (χ1v) is 9.31. The molecule has 0 atom stereocenters. The zero-order valence-electron chi connectivity index (χ0n) is 12.8. The van der Waals surface area contributed by atoms with Crippen molar-refractivity contribution >= 4 is 24.2 Å². The standard InChI is InChI=1S/C15H17N2.F6P/c1-2-3-8-16-9-10-17-12-14-7-5-4-6-13(14)11-15(16)17;1-7(2,3,4,5)6/h4-7,9-12H,2-3,8H2,1H3;/q+1;-1. The molecule has 0 aliphatic heterocycles. The van der Waals surface area contributed by atoms with Crippen LogP contribution in [0.2, 0.25) is 0 Å². The van der Waals surface area contributed by atoms with Gasteiger partial charge in [-0.3, -0.25) is 0 Å². The summed E-state index contributed by atoms with van der Waals surface area (Å²) in [6, 6.07) is 10.8. The Balaban J connectivity index is 0.000000256. The second kappa shape index (κ2) is 5.62. The molecule has 9 heteroatoms. The second-order valence-corrected chi connectivity index (χ2v) is 7.39. The van der Waals surface area contributed by atoms with Gasteiger partial charge in [-0.25, -0.2) is 8.97 Å². The average molecular weight is 370 g/mol. The number of nitrogens with zero attached hydrogens (tertiary/aromatic N) is 2. The van der Waals surface area contributed by atoms with Gasteiger partial charge in [-0.15, -0.1) is 0 Å². The second-order valence-electron chi connectivity index (χ2n) is 5.47. The van der Waals surface area contributed by atoms with Crippen LogP contribution in [0.3, 0.4) is 0 Å². The van der Waals surface area contributed by atoms with Gasteiger partial charge in [0.2, 0.25) is 0 Å². The normalized spacial score (nSPS) is 14.8. The van der Waals surface area contributed by atoms with Crippen molar-refractivity contribution < 1.29 is 29.7 Å². The molecule has 0 saturated carbocycles. The van der Waals surface area contributed by atoms with E-state index in [4.69, 9.17) is 0 Å². The van der Waals surface area contributed by atoms with Crippen molar-refractivity contribution in [1.29, 1.82) is 0 Å². The maximum absolute atomic E-state index is 10.7. The van der Waals surface area contributed by atoms with E-state index in [2.05, 4.69) is 64.8 Å². The molecule has 1 aromatic carbocycles. The van der Waals surface area contributed by atoms with Crippen LogP contribution in [0.5, 0.6) is 0 Å². The number of fused-ring (bicyclic) bond motifs is 2. The van der Waals surface area contributed by atoms with Crippen molar-refractivity contribution in [2.45, 2.75) is 26.3 Å². The number of rotatable bonds is 3. The molecule has 24 heavy (non-hydrogen) atoms. The Bertz CT molecular complexity index is 843. The van der Waals surface area contributed by atoms with Crippen LogP contribution in [-0.2, 0) is 6.54 Å². The van der Waals surface area contributed by atoms with Gasteiger partial charge < -0.3 is 0 Å². The van der Waals surface area contributed by atoms with Crippen LogP contribution in [-0.4, -0.2) is 4.40 Å². The molecule has 0 N–H and O–H groups in total. The molecule has 134 valence electrons. The number of unbranched alkanes of at least 4 members (excludes halogenated alkanes) is 1. The Kier molecular flexibility index (Phi) is 4.34. The fourth-order valence-electron chi connectivity index (χ4n) is 2.29. The Morgan fingerprint density at radius 2 is 1.58 bits per heavy atom. The Labute approximate surface area is 134 Å². The fraction of sp³-hybridized carbons (Fsp3) is 0.267. The van der Waals surface area contributed by atoms with E-state index in [-0.39, 0.29) is 0 Å². The van der Waals surface area contributed by atoms with E-state index in [9.17, 15) is 25.2 Å². The van der Waals surface area contributed by atoms with Gasteiger partial charge in [0.05, 0.1) is 6.54 Å². The molecule has 0 amide bonds. The van der Waals surface area contributed by atoms with Gasteiger partial charge in [0.1, 0.15) is 18.6 Å². The molecule has 0 saturated heterocycles. The van der Waals surface area contributed by atoms with Crippen molar-refractivity contribution in [2.75, 3.05) is 0 Å². The molecular weight excluding hydrogens is 353 g/mol. The Morgan fingerprint density at radius 3 is 2.17 bits per heavy atom. The van der Waals surface area contributed by atoms with E-state index >= 15 is 0 Å². The van der Waals surface area contributed by atoms with Gasteiger partial charge in [0.15, 0.2) is 0 Å². The fourth-order valence-corrected chi connectivity index (χ4v) is 2.29. The van der Waals surface area contributed by atoms with E-state index in [1.807, 2.05) is 0 Å². The quantitative estimate of drug-likeness (QED) is 0.280. The number of benzene rings is 1. The summed E-state index contributed by atoms with van der Waals surface area (Å²) in [5.74, 6) is 0. The minimum absolute atomic E-state index is 1.10. The number of aromatic nitrogens is 2. The van der Waals surface area contributed by atoms with Crippen molar-refractivity contribution in [3.8, 4) is 0 Å². The van der Waals surface area contributed by atoms with E-state index in [1.54, 1.807) is 0 Å². The first-order chi connectivity index (χ1) is 10.8. The third kappa shape index (κ3) is 6.35. The van der Waals surface area contributed by atoms with Gasteiger partial charge >= 0.3 is 33.0 Å². The van der Waals surface area contributed by atoms with Gasteiger partial charge in [-0.2, -0.15) is 0 Å². The van der Waals surface area contributed by atoms with Gasteiger partial charge in [-0.05, 0) is 11.8 Å². The molecular formula is C15H17F6N2P. The van der Waals surface area contributed by atoms with Crippen LogP contribution in [0.25, 0.3) is 16.4 Å². The maximum atomic E-state index is 9.87. The summed E-state index contributed by atoms with van der Waals surface area (Å²) in [5, 5.41) is 2.60. The molecule has 3 aromatic rings. The third-order valence-corrected chi connectivity index (χ3v) is 3.28. The van der Waals surface area contributed by atoms with E-state index in [0.29, 0.717) is 0 Å². The molecule has 2 nitrogen and oxygen atoms in total. The molecule has 0 spiro atoms. The molecule has 3 rings (SSSR count). The first-order valence-electron chi connectivity index (χ1n) is 7.29. The summed E-state index contributed by atoms with van der Waals surface area (Å²) in [4.78, 5) is 0. The number of aryl methyl sites for hydroxylation is 1. The predicted octanol–water partition coefficient (Wildman–Crippen LogP) is 6.56. The van der Waals surface area contributed by atoms with Crippen molar-refractivity contribution in [2.24, 2.45) is 0 Å². The minimum atomic E-state index is -10.7. The number of imidazole rings is 1. The molecule has 0 radical (unpaired) electrons. The van der Waals surface area contributed by atoms with Crippen LogP contribution in [0.4, 0.5) is 25.2 Å². The molecule has 2 aromatic heterocycles. The van der Waals surface area contributed by atoms with Crippen LogP contribution in [0.15, 0.2) is 48.9 Å². The monoisotopic (exact) mass is 370 g/mol. The molecule has 0 aliphatic carbocycles. The summed E-state index contributed by atoms with van der Waals surface area (Å²) in [6.07, 6.45) is 8.98. The zero-order chi connectivity index (χ0) is 18.1. The zero-order valence-corrected chi connectivity index (χ0v) is 13.7. The van der Waals surface area contributed by atoms with Crippen LogP contribution < -0.4 is 4.57 Å². The van der Waals surface area contributed by atoms with Crippen molar-refractivity contribution in [3.63, 3.8) is 0 Å². The van der Waals surface area contributed by atoms with E-state index in [0.717, 1.165) is 6.54 Å². The topological polar surface area (TPSA) is 8.29 Å². The van der Waals surface area contributed by atoms with Gasteiger partial charge in [0, 0.05) is 11.5 Å². The Morgan fingerprint density at radius 1 is 1.00 bits per heavy atom. The number of pyridine rings is 1. The molecule has 2 heterocycles. The summed E-state index contributed by atoms with van der Waals surface area (Å²) >= 11 is 0. The molecule has 0 fully saturated rings. The van der Waals surface area contributed by atoms with Crippen LogP contribution in [0.1, 0.15) is 19.8 Å². The van der Waals surface area contributed by atoms with Crippen molar-refractivity contribution in [3.05, 3.63) is 48.9 Å².